The predicted molar refractivity (Wildman–Crippen MR) is 103 cm³/mol. The van der Waals surface area contributed by atoms with Crippen molar-refractivity contribution in [1.29, 1.82) is 0 Å². The molecule has 1 aromatic heterocycles. The molecule has 0 bridgehead atoms. The molecular formula is C22H30N2O2. The summed E-state index contributed by atoms with van der Waals surface area (Å²) in [7, 11) is 0. The highest BCUT2D eigenvalue weighted by atomic mass is 16.5. The van der Waals surface area contributed by atoms with Gasteiger partial charge in [-0.15, -0.1) is 0 Å². The Balaban J connectivity index is 1.49. The zero-order valence-corrected chi connectivity index (χ0v) is 16.1. The number of amides is 1. The number of unbranched alkanes of at least 4 members (excludes halogenated alkanes) is 1. The minimum absolute atomic E-state index is 0.0783. The first-order valence-electron chi connectivity index (χ1n) is 9.76. The van der Waals surface area contributed by atoms with Crippen LogP contribution in [0.25, 0.3) is 0 Å². The largest absolute Gasteiger partial charge is 0.361 e. The lowest BCUT2D eigenvalue weighted by Crippen LogP contribution is -2.59. The maximum atomic E-state index is 12.3. The normalized spacial score (nSPS) is 21.2. The zero-order valence-electron chi connectivity index (χ0n) is 16.1. The van der Waals surface area contributed by atoms with Gasteiger partial charge in [0, 0.05) is 18.5 Å². The molecule has 1 aliphatic carbocycles. The van der Waals surface area contributed by atoms with Gasteiger partial charge in [-0.05, 0) is 36.2 Å². The van der Waals surface area contributed by atoms with E-state index in [2.05, 4.69) is 37.3 Å². The number of rotatable bonds is 8. The van der Waals surface area contributed by atoms with Crippen molar-refractivity contribution in [2.45, 2.75) is 65.3 Å². The summed E-state index contributed by atoms with van der Waals surface area (Å²) < 4.78 is 5.44. The topological polar surface area (TPSA) is 55.1 Å². The van der Waals surface area contributed by atoms with Crippen molar-refractivity contribution in [3.8, 4) is 0 Å². The van der Waals surface area contributed by atoms with E-state index in [1.807, 2.05) is 30.3 Å². The molecule has 1 N–H and O–H groups in total. The predicted octanol–water partition coefficient (Wildman–Crippen LogP) is 4.33. The van der Waals surface area contributed by atoms with E-state index in [-0.39, 0.29) is 17.4 Å². The Morgan fingerprint density at radius 3 is 2.77 bits per heavy atom. The Kier molecular flexibility index (Phi) is 5.80. The third-order valence-corrected chi connectivity index (χ3v) is 5.85. The van der Waals surface area contributed by atoms with Gasteiger partial charge < -0.3 is 9.84 Å². The Bertz CT molecular complexity index is 721. The van der Waals surface area contributed by atoms with Gasteiger partial charge in [0.15, 0.2) is 0 Å². The number of nitrogens with zero attached hydrogens (tertiary/aromatic N) is 1. The van der Waals surface area contributed by atoms with Crippen molar-refractivity contribution in [3.05, 3.63) is 53.4 Å². The number of carbonyl (C=O) groups excluding carboxylic acids is 1. The molecule has 0 radical (unpaired) electrons. The van der Waals surface area contributed by atoms with E-state index in [0.29, 0.717) is 12.3 Å². The van der Waals surface area contributed by atoms with Crippen LogP contribution in [0.4, 0.5) is 0 Å². The molecule has 1 saturated carbocycles. The van der Waals surface area contributed by atoms with E-state index >= 15 is 0 Å². The first-order chi connectivity index (χ1) is 12.5. The van der Waals surface area contributed by atoms with Crippen LogP contribution in [0.1, 0.15) is 57.1 Å². The third kappa shape index (κ3) is 4.35. The second-order valence-electron chi connectivity index (χ2n) is 8.13. The van der Waals surface area contributed by atoms with E-state index in [1.165, 1.54) is 0 Å². The standard InChI is InChI=1S/C22H30N2O2/c1-4-5-11-19-15-18(24-26-19)13-17-14-20(22(17,2)3)23-21(25)12-16-9-7-6-8-10-16/h6-10,15,17,20H,4-5,11-14H2,1-3H3,(H,23,25)/t17-,20+/m1/s1. The van der Waals surface area contributed by atoms with Crippen molar-refractivity contribution in [1.82, 2.24) is 10.5 Å². The van der Waals surface area contributed by atoms with Crippen LogP contribution < -0.4 is 5.32 Å². The highest BCUT2D eigenvalue weighted by Gasteiger charge is 2.48. The fraction of sp³-hybridized carbons (Fsp3) is 0.545. The van der Waals surface area contributed by atoms with Crippen LogP contribution >= 0.6 is 0 Å². The van der Waals surface area contributed by atoms with Crippen molar-refractivity contribution >= 4 is 5.91 Å². The molecule has 4 nitrogen and oxygen atoms in total. The highest BCUT2D eigenvalue weighted by Crippen LogP contribution is 2.47. The maximum absolute atomic E-state index is 12.3. The molecule has 140 valence electrons. The van der Waals surface area contributed by atoms with Crippen LogP contribution in [0, 0.1) is 11.3 Å². The van der Waals surface area contributed by atoms with Crippen LogP contribution in [-0.2, 0) is 24.1 Å². The van der Waals surface area contributed by atoms with Crippen LogP contribution in [0.5, 0.6) is 0 Å². The fourth-order valence-corrected chi connectivity index (χ4v) is 3.81. The molecule has 0 aliphatic heterocycles. The molecule has 1 aromatic carbocycles. The summed E-state index contributed by atoms with van der Waals surface area (Å²) in [6.45, 7) is 6.67. The molecular weight excluding hydrogens is 324 g/mol. The van der Waals surface area contributed by atoms with Crippen LogP contribution in [0.3, 0.4) is 0 Å². The number of aromatic nitrogens is 1. The Labute approximate surface area is 156 Å². The first-order valence-corrected chi connectivity index (χ1v) is 9.76. The Morgan fingerprint density at radius 1 is 1.31 bits per heavy atom. The number of aryl methyl sites for hydroxylation is 1. The van der Waals surface area contributed by atoms with Gasteiger partial charge in [-0.1, -0.05) is 62.7 Å². The molecule has 1 heterocycles. The van der Waals surface area contributed by atoms with Gasteiger partial charge in [0.05, 0.1) is 12.1 Å². The highest BCUT2D eigenvalue weighted by molar-refractivity contribution is 5.79. The van der Waals surface area contributed by atoms with Crippen molar-refractivity contribution < 1.29 is 9.32 Å². The van der Waals surface area contributed by atoms with Crippen LogP contribution in [-0.4, -0.2) is 17.1 Å². The summed E-state index contributed by atoms with van der Waals surface area (Å²) in [5, 5.41) is 7.46. The van der Waals surface area contributed by atoms with Gasteiger partial charge in [0.2, 0.25) is 5.91 Å². The molecule has 2 atom stereocenters. The molecule has 2 aromatic rings. The lowest BCUT2D eigenvalue weighted by Gasteiger charge is -2.52. The average Bonchev–Trinajstić information content (AvgIpc) is 3.07. The Morgan fingerprint density at radius 2 is 2.08 bits per heavy atom. The van der Waals surface area contributed by atoms with Gasteiger partial charge in [-0.25, -0.2) is 0 Å². The SMILES string of the molecule is CCCCc1cc(C[C@@H]2C[C@H](NC(=O)Cc3ccccc3)C2(C)C)no1. The lowest BCUT2D eigenvalue weighted by molar-refractivity contribution is -0.124. The van der Waals surface area contributed by atoms with E-state index in [1.54, 1.807) is 0 Å². The number of hydrogen-bond acceptors (Lipinski definition) is 3. The van der Waals surface area contributed by atoms with Crippen molar-refractivity contribution in [2.75, 3.05) is 0 Å². The summed E-state index contributed by atoms with van der Waals surface area (Å²) >= 11 is 0. The molecule has 0 unspecified atom stereocenters. The summed E-state index contributed by atoms with van der Waals surface area (Å²) in [4.78, 5) is 12.3. The second kappa shape index (κ2) is 8.07. The van der Waals surface area contributed by atoms with Gasteiger partial charge in [0.25, 0.3) is 0 Å². The number of carbonyl (C=O) groups is 1. The zero-order chi connectivity index (χ0) is 18.6. The van der Waals surface area contributed by atoms with Gasteiger partial charge in [0.1, 0.15) is 5.76 Å². The summed E-state index contributed by atoms with van der Waals surface area (Å²) in [5.74, 6) is 1.62. The smallest absolute Gasteiger partial charge is 0.224 e. The monoisotopic (exact) mass is 354 g/mol. The second-order valence-corrected chi connectivity index (χ2v) is 8.13. The lowest BCUT2D eigenvalue weighted by atomic mass is 9.57. The minimum Gasteiger partial charge on any atom is -0.361 e. The molecule has 0 spiro atoms. The summed E-state index contributed by atoms with van der Waals surface area (Å²) in [5.41, 5.74) is 2.18. The van der Waals surface area contributed by atoms with E-state index in [9.17, 15) is 4.79 Å². The quantitative estimate of drug-likeness (QED) is 0.767. The minimum atomic E-state index is 0.0783. The molecule has 3 rings (SSSR count). The van der Waals surface area contributed by atoms with Gasteiger partial charge in [-0.2, -0.15) is 0 Å². The van der Waals surface area contributed by atoms with Crippen molar-refractivity contribution in [2.24, 2.45) is 11.3 Å². The van der Waals surface area contributed by atoms with Gasteiger partial charge in [-0.3, -0.25) is 4.79 Å². The molecule has 1 fully saturated rings. The van der Waals surface area contributed by atoms with Crippen LogP contribution in [0.2, 0.25) is 0 Å². The molecule has 1 amide bonds. The van der Waals surface area contributed by atoms with E-state index in [0.717, 1.165) is 49.1 Å². The fourth-order valence-electron chi connectivity index (χ4n) is 3.81. The molecule has 26 heavy (non-hydrogen) atoms. The number of hydrogen-bond donors (Lipinski definition) is 1. The summed E-state index contributed by atoms with van der Waals surface area (Å²) in [6.07, 6.45) is 5.64. The van der Waals surface area contributed by atoms with Crippen LogP contribution in [0.15, 0.2) is 40.9 Å². The number of benzene rings is 1. The molecule has 4 heteroatoms. The maximum Gasteiger partial charge on any atom is 0.224 e. The number of nitrogens with one attached hydrogen (secondary N) is 1. The Hall–Kier alpha value is -2.10. The average molecular weight is 354 g/mol. The third-order valence-electron chi connectivity index (χ3n) is 5.85. The van der Waals surface area contributed by atoms with Crippen molar-refractivity contribution in [3.63, 3.8) is 0 Å². The van der Waals surface area contributed by atoms with E-state index in [4.69, 9.17) is 4.52 Å². The van der Waals surface area contributed by atoms with Gasteiger partial charge >= 0.3 is 0 Å². The molecule has 1 aliphatic rings. The first kappa shape index (κ1) is 18.7. The molecule has 0 saturated heterocycles. The van der Waals surface area contributed by atoms with E-state index < -0.39 is 0 Å². The summed E-state index contributed by atoms with van der Waals surface area (Å²) in [6, 6.07) is 12.2.